The van der Waals surface area contributed by atoms with E-state index in [2.05, 4.69) is 34.5 Å². The second kappa shape index (κ2) is 7.75. The lowest BCUT2D eigenvalue weighted by Gasteiger charge is -2.21. The summed E-state index contributed by atoms with van der Waals surface area (Å²) >= 11 is 0. The molecule has 2 saturated heterocycles. The summed E-state index contributed by atoms with van der Waals surface area (Å²) in [7, 11) is 0. The number of hydrogen-bond donors (Lipinski definition) is 1. The van der Waals surface area contributed by atoms with Crippen LogP contribution in [0.4, 0.5) is 0 Å². The topological polar surface area (TPSA) is 41.6 Å². The van der Waals surface area contributed by atoms with Gasteiger partial charge in [0.25, 0.3) is 0 Å². The number of nitrogens with one attached hydrogen (secondary N) is 1. The summed E-state index contributed by atoms with van der Waals surface area (Å²) in [4.78, 5) is 14.6. The van der Waals surface area contributed by atoms with Gasteiger partial charge in [0.15, 0.2) is 0 Å². The second-order valence-electron chi connectivity index (χ2n) is 6.40. The molecular formula is C18H26N2O2. The van der Waals surface area contributed by atoms with Gasteiger partial charge in [0.2, 0.25) is 5.91 Å². The molecule has 4 heteroatoms. The van der Waals surface area contributed by atoms with E-state index >= 15 is 0 Å². The number of carbonyl (C=O) groups is 1. The van der Waals surface area contributed by atoms with E-state index in [1.807, 2.05) is 0 Å². The zero-order valence-electron chi connectivity index (χ0n) is 13.2. The Morgan fingerprint density at radius 2 is 1.73 bits per heavy atom. The van der Waals surface area contributed by atoms with E-state index < -0.39 is 0 Å². The van der Waals surface area contributed by atoms with Gasteiger partial charge in [0.1, 0.15) is 0 Å². The summed E-state index contributed by atoms with van der Waals surface area (Å²) in [6.45, 7) is 5.55. The van der Waals surface area contributed by atoms with E-state index in [0.717, 1.165) is 19.4 Å². The van der Waals surface area contributed by atoms with Gasteiger partial charge in [0.05, 0.1) is 0 Å². The predicted octanol–water partition coefficient (Wildman–Crippen LogP) is 2.33. The molecule has 3 rings (SSSR count). The second-order valence-corrected chi connectivity index (χ2v) is 6.40. The molecule has 1 amide bonds. The van der Waals surface area contributed by atoms with Crippen molar-refractivity contribution in [2.75, 3.05) is 26.3 Å². The normalized spacial score (nSPS) is 20.2. The summed E-state index contributed by atoms with van der Waals surface area (Å²) < 4.78 is 5.30. The molecule has 0 aliphatic carbocycles. The Balaban J connectivity index is 1.45. The summed E-state index contributed by atoms with van der Waals surface area (Å²) in [6.07, 6.45) is 4.36. The molecule has 2 heterocycles. The minimum atomic E-state index is 0.128. The lowest BCUT2D eigenvalue weighted by molar-refractivity contribution is -0.128. The molecule has 0 unspecified atom stereocenters. The first kappa shape index (κ1) is 15.5. The third-order valence-corrected chi connectivity index (χ3v) is 4.69. The molecule has 0 spiro atoms. The van der Waals surface area contributed by atoms with Gasteiger partial charge in [-0.05, 0) is 49.9 Å². The Morgan fingerprint density at radius 3 is 2.41 bits per heavy atom. The lowest BCUT2D eigenvalue weighted by Crippen LogP contribution is -2.33. The van der Waals surface area contributed by atoms with Crippen LogP contribution in [0, 0.1) is 5.92 Å². The molecule has 1 aromatic rings. The standard InChI is InChI=1S/C18H26N2O2/c21-18(17-7-11-22-12-8-17)19-13-15-3-5-16(6-4-15)14-20-9-1-2-10-20/h3-6,17H,1-2,7-14H2,(H,19,21). The predicted molar refractivity (Wildman–Crippen MR) is 86.3 cm³/mol. The molecule has 2 aliphatic heterocycles. The van der Waals surface area contributed by atoms with Gasteiger partial charge < -0.3 is 10.1 Å². The number of rotatable bonds is 5. The Kier molecular flexibility index (Phi) is 5.46. The zero-order valence-corrected chi connectivity index (χ0v) is 13.2. The Morgan fingerprint density at radius 1 is 1.09 bits per heavy atom. The van der Waals surface area contributed by atoms with Crippen LogP contribution in [-0.4, -0.2) is 37.1 Å². The van der Waals surface area contributed by atoms with E-state index in [9.17, 15) is 4.79 Å². The highest BCUT2D eigenvalue weighted by molar-refractivity contribution is 5.78. The van der Waals surface area contributed by atoms with Gasteiger partial charge in [-0.15, -0.1) is 0 Å². The molecular weight excluding hydrogens is 276 g/mol. The molecule has 0 radical (unpaired) electrons. The quantitative estimate of drug-likeness (QED) is 0.907. The van der Waals surface area contributed by atoms with Crippen LogP contribution >= 0.6 is 0 Å². The van der Waals surface area contributed by atoms with Crippen molar-refractivity contribution in [1.82, 2.24) is 10.2 Å². The summed E-state index contributed by atoms with van der Waals surface area (Å²) in [5, 5.41) is 3.06. The smallest absolute Gasteiger partial charge is 0.223 e. The maximum Gasteiger partial charge on any atom is 0.223 e. The highest BCUT2D eigenvalue weighted by Gasteiger charge is 2.21. The Hall–Kier alpha value is -1.39. The van der Waals surface area contributed by atoms with Crippen molar-refractivity contribution in [3.8, 4) is 0 Å². The molecule has 2 aliphatic rings. The van der Waals surface area contributed by atoms with Gasteiger partial charge in [0, 0.05) is 32.2 Å². The SMILES string of the molecule is O=C(NCc1ccc(CN2CCCC2)cc1)C1CCOCC1. The molecule has 0 atom stereocenters. The molecule has 0 bridgehead atoms. The van der Waals surface area contributed by atoms with Gasteiger partial charge in [-0.3, -0.25) is 9.69 Å². The lowest BCUT2D eigenvalue weighted by atomic mass is 9.99. The van der Waals surface area contributed by atoms with Crippen molar-refractivity contribution < 1.29 is 9.53 Å². The zero-order chi connectivity index (χ0) is 15.2. The average Bonchev–Trinajstić information content (AvgIpc) is 3.08. The maximum atomic E-state index is 12.1. The first-order valence-corrected chi connectivity index (χ1v) is 8.47. The van der Waals surface area contributed by atoms with Crippen LogP contribution in [-0.2, 0) is 22.6 Å². The minimum absolute atomic E-state index is 0.128. The van der Waals surface area contributed by atoms with Crippen molar-refractivity contribution in [2.45, 2.75) is 38.8 Å². The van der Waals surface area contributed by atoms with Gasteiger partial charge in [-0.25, -0.2) is 0 Å². The fourth-order valence-electron chi connectivity index (χ4n) is 3.25. The monoisotopic (exact) mass is 302 g/mol. The molecule has 120 valence electrons. The van der Waals surface area contributed by atoms with Crippen molar-refractivity contribution in [1.29, 1.82) is 0 Å². The third kappa shape index (κ3) is 4.31. The van der Waals surface area contributed by atoms with Gasteiger partial charge >= 0.3 is 0 Å². The Bertz CT molecular complexity index is 474. The molecule has 0 aromatic heterocycles. The molecule has 22 heavy (non-hydrogen) atoms. The number of ether oxygens (including phenoxy) is 1. The minimum Gasteiger partial charge on any atom is -0.381 e. The van der Waals surface area contributed by atoms with Crippen LogP contribution in [0.5, 0.6) is 0 Å². The summed E-state index contributed by atoms with van der Waals surface area (Å²) in [6, 6.07) is 8.65. The molecule has 1 aromatic carbocycles. The summed E-state index contributed by atoms with van der Waals surface area (Å²) in [5.74, 6) is 0.299. The van der Waals surface area contributed by atoms with Gasteiger partial charge in [-0.1, -0.05) is 24.3 Å². The molecule has 1 N–H and O–H groups in total. The number of hydrogen-bond acceptors (Lipinski definition) is 3. The Labute approximate surface area is 132 Å². The number of likely N-dealkylation sites (tertiary alicyclic amines) is 1. The molecule has 0 saturated carbocycles. The van der Waals surface area contributed by atoms with Crippen molar-refractivity contribution in [3.63, 3.8) is 0 Å². The number of carbonyl (C=O) groups excluding carboxylic acids is 1. The first-order chi connectivity index (χ1) is 10.8. The largest absolute Gasteiger partial charge is 0.381 e. The van der Waals surface area contributed by atoms with Crippen molar-refractivity contribution in [2.24, 2.45) is 5.92 Å². The maximum absolute atomic E-state index is 12.1. The van der Waals surface area contributed by atoms with Crippen molar-refractivity contribution >= 4 is 5.91 Å². The van der Waals surface area contributed by atoms with E-state index in [4.69, 9.17) is 4.74 Å². The summed E-state index contributed by atoms with van der Waals surface area (Å²) in [5.41, 5.74) is 2.53. The van der Waals surface area contributed by atoms with Crippen molar-refractivity contribution in [3.05, 3.63) is 35.4 Å². The highest BCUT2D eigenvalue weighted by atomic mass is 16.5. The van der Waals surface area contributed by atoms with E-state index in [1.54, 1.807) is 0 Å². The van der Waals surface area contributed by atoms with Crippen LogP contribution in [0.25, 0.3) is 0 Å². The first-order valence-electron chi connectivity index (χ1n) is 8.47. The van der Waals surface area contributed by atoms with E-state index in [0.29, 0.717) is 19.8 Å². The third-order valence-electron chi connectivity index (χ3n) is 4.69. The van der Waals surface area contributed by atoms with Crippen LogP contribution in [0.15, 0.2) is 24.3 Å². The fourth-order valence-corrected chi connectivity index (χ4v) is 3.25. The van der Waals surface area contributed by atoms with E-state index in [1.165, 1.54) is 37.1 Å². The van der Waals surface area contributed by atoms with Crippen LogP contribution in [0.1, 0.15) is 36.8 Å². The van der Waals surface area contributed by atoms with Crippen LogP contribution in [0.3, 0.4) is 0 Å². The number of nitrogens with zero attached hydrogens (tertiary/aromatic N) is 1. The van der Waals surface area contributed by atoms with Crippen LogP contribution < -0.4 is 5.32 Å². The molecule has 2 fully saturated rings. The van der Waals surface area contributed by atoms with E-state index in [-0.39, 0.29) is 11.8 Å². The average molecular weight is 302 g/mol. The fraction of sp³-hybridized carbons (Fsp3) is 0.611. The molecule has 4 nitrogen and oxygen atoms in total. The van der Waals surface area contributed by atoms with Gasteiger partial charge in [-0.2, -0.15) is 0 Å². The number of benzene rings is 1. The van der Waals surface area contributed by atoms with Crippen LogP contribution in [0.2, 0.25) is 0 Å². The highest BCUT2D eigenvalue weighted by Crippen LogP contribution is 2.16. The number of amides is 1.